The van der Waals surface area contributed by atoms with Crippen molar-refractivity contribution < 1.29 is 22.7 Å². The van der Waals surface area contributed by atoms with Crippen molar-refractivity contribution in [3.63, 3.8) is 0 Å². The molecular formula is C15H19F3N2O2. The van der Waals surface area contributed by atoms with Gasteiger partial charge in [0.2, 0.25) is 5.91 Å². The van der Waals surface area contributed by atoms with Crippen LogP contribution < -0.4 is 5.32 Å². The monoisotopic (exact) mass is 316 g/mol. The van der Waals surface area contributed by atoms with E-state index in [2.05, 4.69) is 5.32 Å². The zero-order chi connectivity index (χ0) is 16.0. The van der Waals surface area contributed by atoms with Crippen molar-refractivity contribution in [1.82, 2.24) is 10.2 Å². The summed E-state index contributed by atoms with van der Waals surface area (Å²) in [6.07, 6.45) is -4.83. The van der Waals surface area contributed by atoms with Gasteiger partial charge in [0.1, 0.15) is 6.54 Å². The van der Waals surface area contributed by atoms with Crippen LogP contribution in [0.15, 0.2) is 30.3 Å². The third-order valence-corrected chi connectivity index (χ3v) is 3.35. The average molecular weight is 316 g/mol. The molecule has 1 aliphatic rings. The van der Waals surface area contributed by atoms with Crippen LogP contribution >= 0.6 is 0 Å². The van der Waals surface area contributed by atoms with Crippen LogP contribution in [0.4, 0.5) is 13.2 Å². The SMILES string of the molecule is O=C(CC1CNCCO1)N(Cc1ccccc1)CC(F)(F)F. The molecule has 1 aromatic rings. The van der Waals surface area contributed by atoms with Crippen molar-refractivity contribution in [2.75, 3.05) is 26.2 Å². The summed E-state index contributed by atoms with van der Waals surface area (Å²) in [5, 5.41) is 3.06. The van der Waals surface area contributed by atoms with Crippen LogP contribution in [-0.4, -0.2) is 49.3 Å². The van der Waals surface area contributed by atoms with Crippen LogP contribution in [0, 0.1) is 0 Å². The fourth-order valence-electron chi connectivity index (χ4n) is 2.33. The first kappa shape index (κ1) is 16.8. The van der Waals surface area contributed by atoms with Crippen LogP contribution in [0.2, 0.25) is 0 Å². The maximum Gasteiger partial charge on any atom is 0.406 e. The van der Waals surface area contributed by atoms with E-state index in [-0.39, 0.29) is 19.1 Å². The second-order valence-corrected chi connectivity index (χ2v) is 5.25. The number of nitrogens with zero attached hydrogens (tertiary/aromatic N) is 1. The number of alkyl halides is 3. The molecule has 0 bridgehead atoms. The number of amides is 1. The lowest BCUT2D eigenvalue weighted by atomic mass is 10.1. The lowest BCUT2D eigenvalue weighted by molar-refractivity contribution is -0.164. The molecule has 4 nitrogen and oxygen atoms in total. The highest BCUT2D eigenvalue weighted by Crippen LogP contribution is 2.19. The van der Waals surface area contributed by atoms with Crippen molar-refractivity contribution in [3.8, 4) is 0 Å². The summed E-state index contributed by atoms with van der Waals surface area (Å²) in [5.41, 5.74) is 0.669. The van der Waals surface area contributed by atoms with Crippen LogP contribution in [0.25, 0.3) is 0 Å². The zero-order valence-corrected chi connectivity index (χ0v) is 12.1. The molecule has 1 saturated heterocycles. The standard InChI is InChI=1S/C15H19F3N2O2/c16-15(17,18)11-20(10-12-4-2-1-3-5-12)14(21)8-13-9-19-6-7-22-13/h1-5,13,19H,6-11H2. The van der Waals surface area contributed by atoms with E-state index in [1.54, 1.807) is 30.3 Å². The van der Waals surface area contributed by atoms with Crippen LogP contribution in [0.5, 0.6) is 0 Å². The molecule has 1 aromatic carbocycles. The second-order valence-electron chi connectivity index (χ2n) is 5.25. The molecule has 1 N–H and O–H groups in total. The largest absolute Gasteiger partial charge is 0.406 e. The Bertz CT molecular complexity index is 473. The molecule has 0 aromatic heterocycles. The van der Waals surface area contributed by atoms with Crippen molar-refractivity contribution in [1.29, 1.82) is 0 Å². The minimum atomic E-state index is -4.42. The molecule has 7 heteroatoms. The van der Waals surface area contributed by atoms with Gasteiger partial charge in [-0.3, -0.25) is 4.79 Å². The number of carbonyl (C=O) groups excluding carboxylic acids is 1. The highest BCUT2D eigenvalue weighted by Gasteiger charge is 2.33. The van der Waals surface area contributed by atoms with Crippen molar-refractivity contribution >= 4 is 5.91 Å². The number of hydrogen-bond donors (Lipinski definition) is 1. The van der Waals surface area contributed by atoms with Crippen molar-refractivity contribution in [2.24, 2.45) is 0 Å². The van der Waals surface area contributed by atoms with Crippen LogP contribution in [0.1, 0.15) is 12.0 Å². The number of halogens is 3. The Morgan fingerprint density at radius 3 is 2.64 bits per heavy atom. The van der Waals surface area contributed by atoms with Crippen LogP contribution in [-0.2, 0) is 16.1 Å². The molecule has 0 spiro atoms. The van der Waals surface area contributed by atoms with Gasteiger partial charge in [0, 0.05) is 19.6 Å². The molecule has 1 heterocycles. The summed E-state index contributed by atoms with van der Waals surface area (Å²) in [7, 11) is 0. The second kappa shape index (κ2) is 7.60. The average Bonchev–Trinajstić information content (AvgIpc) is 2.47. The summed E-state index contributed by atoms with van der Waals surface area (Å²) in [4.78, 5) is 13.1. The van der Waals surface area contributed by atoms with Gasteiger partial charge in [0.15, 0.2) is 0 Å². The fourth-order valence-corrected chi connectivity index (χ4v) is 2.33. The van der Waals surface area contributed by atoms with E-state index >= 15 is 0 Å². The molecule has 1 fully saturated rings. The molecule has 0 radical (unpaired) electrons. The molecule has 0 aliphatic carbocycles. The molecule has 1 aliphatic heterocycles. The molecule has 2 rings (SSSR count). The fraction of sp³-hybridized carbons (Fsp3) is 0.533. The van der Waals surface area contributed by atoms with E-state index in [1.165, 1.54) is 0 Å². The van der Waals surface area contributed by atoms with Crippen molar-refractivity contribution in [3.05, 3.63) is 35.9 Å². The first-order valence-electron chi connectivity index (χ1n) is 7.15. The zero-order valence-electron chi connectivity index (χ0n) is 12.1. The Balaban J connectivity index is 2.00. The Morgan fingerprint density at radius 1 is 1.32 bits per heavy atom. The van der Waals surface area contributed by atoms with Gasteiger partial charge < -0.3 is 15.0 Å². The Morgan fingerprint density at radius 2 is 2.05 bits per heavy atom. The third-order valence-electron chi connectivity index (χ3n) is 3.35. The number of ether oxygens (including phenoxy) is 1. The maximum absolute atomic E-state index is 12.7. The summed E-state index contributed by atoms with van der Waals surface area (Å²) < 4.78 is 43.5. The van der Waals surface area contributed by atoms with E-state index in [4.69, 9.17) is 4.74 Å². The van der Waals surface area contributed by atoms with E-state index in [0.29, 0.717) is 25.3 Å². The lowest BCUT2D eigenvalue weighted by Crippen LogP contribution is -2.44. The third kappa shape index (κ3) is 5.65. The normalized spacial score (nSPS) is 19.0. The number of benzene rings is 1. The Hall–Kier alpha value is -1.60. The van der Waals surface area contributed by atoms with Gasteiger partial charge in [-0.1, -0.05) is 30.3 Å². The Labute approximate surface area is 127 Å². The minimum Gasteiger partial charge on any atom is -0.375 e. The summed E-state index contributed by atoms with van der Waals surface area (Å²) in [6, 6.07) is 8.66. The molecule has 1 atom stereocenters. The van der Waals surface area contributed by atoms with E-state index in [0.717, 1.165) is 4.90 Å². The molecule has 1 amide bonds. The van der Waals surface area contributed by atoms with Gasteiger partial charge in [-0.2, -0.15) is 13.2 Å². The van der Waals surface area contributed by atoms with Crippen molar-refractivity contribution in [2.45, 2.75) is 25.2 Å². The highest BCUT2D eigenvalue weighted by atomic mass is 19.4. The number of carbonyl (C=O) groups is 1. The molecular weight excluding hydrogens is 297 g/mol. The number of rotatable bonds is 5. The summed E-state index contributed by atoms with van der Waals surface area (Å²) >= 11 is 0. The quantitative estimate of drug-likeness (QED) is 0.903. The first-order chi connectivity index (χ1) is 10.4. The van der Waals surface area contributed by atoms with E-state index in [1.807, 2.05) is 0 Å². The van der Waals surface area contributed by atoms with E-state index < -0.39 is 18.6 Å². The summed E-state index contributed by atoms with van der Waals surface area (Å²) in [6.45, 7) is 0.341. The highest BCUT2D eigenvalue weighted by molar-refractivity contribution is 5.76. The first-order valence-corrected chi connectivity index (χ1v) is 7.15. The Kier molecular flexibility index (Phi) is 5.79. The van der Waals surface area contributed by atoms with Gasteiger partial charge in [-0.25, -0.2) is 0 Å². The molecule has 0 saturated carbocycles. The number of nitrogens with one attached hydrogen (secondary N) is 1. The maximum atomic E-state index is 12.7. The van der Waals surface area contributed by atoms with Gasteiger partial charge >= 0.3 is 6.18 Å². The van der Waals surface area contributed by atoms with Gasteiger partial charge in [0.05, 0.1) is 19.1 Å². The predicted molar refractivity (Wildman–Crippen MR) is 75.1 cm³/mol. The number of hydrogen-bond acceptors (Lipinski definition) is 3. The molecule has 22 heavy (non-hydrogen) atoms. The topological polar surface area (TPSA) is 41.6 Å². The lowest BCUT2D eigenvalue weighted by Gasteiger charge is -2.28. The summed E-state index contributed by atoms with van der Waals surface area (Å²) in [5.74, 6) is -0.546. The number of morpholine rings is 1. The van der Waals surface area contributed by atoms with Crippen LogP contribution in [0.3, 0.4) is 0 Å². The predicted octanol–water partition coefficient (Wildman–Crippen LogP) is 1.96. The van der Waals surface area contributed by atoms with Gasteiger partial charge in [0.25, 0.3) is 0 Å². The molecule has 1 unspecified atom stereocenters. The smallest absolute Gasteiger partial charge is 0.375 e. The molecule has 122 valence electrons. The van der Waals surface area contributed by atoms with E-state index in [9.17, 15) is 18.0 Å². The minimum absolute atomic E-state index is 0.0457. The van der Waals surface area contributed by atoms with Gasteiger partial charge in [-0.15, -0.1) is 0 Å². The van der Waals surface area contributed by atoms with Gasteiger partial charge in [-0.05, 0) is 5.56 Å².